The lowest BCUT2D eigenvalue weighted by Gasteiger charge is -2.22. The number of allylic oxidation sites excluding steroid dienone is 1. The van der Waals surface area contributed by atoms with Crippen molar-refractivity contribution in [1.29, 1.82) is 0 Å². The van der Waals surface area contributed by atoms with Crippen LogP contribution in [0.15, 0.2) is 23.3 Å². The number of aliphatic imine (C=N–C) groups is 1. The second kappa shape index (κ2) is 10.4. The number of ketones is 1. The molecule has 0 aliphatic carbocycles. The smallest absolute Gasteiger partial charge is 0.339 e. The van der Waals surface area contributed by atoms with E-state index in [1.165, 1.54) is 19.4 Å². The molecule has 0 atom stereocenters. The number of hydrogen-bond donors (Lipinski definition) is 1. The van der Waals surface area contributed by atoms with Gasteiger partial charge in [-0.1, -0.05) is 19.4 Å². The zero-order chi connectivity index (χ0) is 20.6. The predicted molar refractivity (Wildman–Crippen MR) is 106 cm³/mol. The summed E-state index contributed by atoms with van der Waals surface area (Å²) in [5.41, 5.74) is 0.568. The number of phenolic OH excluding ortho intramolecular Hbond substituents is 1. The molecule has 0 saturated heterocycles. The van der Waals surface area contributed by atoms with Gasteiger partial charge in [-0.3, -0.25) is 9.79 Å². The number of carbonyl (C=O) groups is 2. The van der Waals surface area contributed by atoms with Crippen LogP contribution in [0.2, 0.25) is 0 Å². The number of esters is 1. The first kappa shape index (κ1) is 22.2. The Bertz CT molecular complexity index is 751. The highest BCUT2D eigenvalue weighted by Crippen LogP contribution is 2.41. The minimum atomic E-state index is -0.663. The monoisotopic (exact) mass is 376 g/mol. The normalized spacial score (nSPS) is 11.6. The molecule has 0 aliphatic heterocycles. The summed E-state index contributed by atoms with van der Waals surface area (Å²) in [4.78, 5) is 31.6. The lowest BCUT2D eigenvalue weighted by molar-refractivity contribution is 0.0523. The van der Waals surface area contributed by atoms with Gasteiger partial charge in [0.15, 0.2) is 11.5 Å². The van der Waals surface area contributed by atoms with E-state index in [0.29, 0.717) is 18.6 Å². The Morgan fingerprint density at radius 1 is 1.30 bits per heavy atom. The van der Waals surface area contributed by atoms with Gasteiger partial charge in [0.2, 0.25) is 5.78 Å². The van der Waals surface area contributed by atoms with Crippen LogP contribution in [-0.2, 0) is 4.74 Å². The number of benzene rings is 1. The molecule has 0 aromatic heterocycles. The van der Waals surface area contributed by atoms with Crippen LogP contribution in [0.4, 0.5) is 5.69 Å². The standard InChI is InChI=1S/C20H28N2O5/c1-7-10-14(21-11-8-2)18(23)16-13(20(25)27-9-3)12-15(26-6)19(24)17(16)22(4)5/h8,11-12,24H,7,9-10H2,1-6H3/b11-8-,21-14?. The summed E-state index contributed by atoms with van der Waals surface area (Å²) in [6.07, 6.45) is 4.39. The fraction of sp³-hybridized carbons (Fsp3) is 0.450. The van der Waals surface area contributed by atoms with Crippen LogP contribution in [0.5, 0.6) is 11.5 Å². The lowest BCUT2D eigenvalue weighted by Crippen LogP contribution is -2.24. The van der Waals surface area contributed by atoms with Crippen LogP contribution in [0.1, 0.15) is 54.3 Å². The minimum Gasteiger partial charge on any atom is -0.503 e. The summed E-state index contributed by atoms with van der Waals surface area (Å²) in [6, 6.07) is 1.33. The Balaban J connectivity index is 3.82. The number of ether oxygens (including phenoxy) is 2. The van der Waals surface area contributed by atoms with Gasteiger partial charge in [-0.2, -0.15) is 0 Å². The molecule has 1 rings (SSSR count). The summed E-state index contributed by atoms with van der Waals surface area (Å²) in [6.45, 7) is 5.57. The Kier molecular flexibility index (Phi) is 8.51. The van der Waals surface area contributed by atoms with E-state index in [4.69, 9.17) is 9.47 Å². The average Bonchev–Trinajstić information content (AvgIpc) is 2.63. The maximum atomic E-state index is 13.3. The highest BCUT2D eigenvalue weighted by atomic mass is 16.5. The van der Waals surface area contributed by atoms with Crippen LogP contribution in [0.3, 0.4) is 0 Å². The quantitative estimate of drug-likeness (QED) is 0.402. The van der Waals surface area contributed by atoms with Crippen LogP contribution < -0.4 is 9.64 Å². The SMILES string of the molecule is C/C=C\N=C(CCC)C(=O)c1c(C(=O)OCC)cc(OC)c(O)c1N(C)C. The number of Topliss-reactive ketones (excluding diaryl/α,β-unsaturated/α-hetero) is 1. The molecule has 1 aromatic carbocycles. The minimum absolute atomic E-state index is 0.0319. The van der Waals surface area contributed by atoms with Crippen molar-refractivity contribution < 1.29 is 24.2 Å². The van der Waals surface area contributed by atoms with Gasteiger partial charge in [0, 0.05) is 20.3 Å². The average molecular weight is 376 g/mol. The number of rotatable bonds is 9. The molecule has 0 amide bonds. The molecule has 0 heterocycles. The van der Waals surface area contributed by atoms with Gasteiger partial charge in [0.1, 0.15) is 0 Å². The number of nitrogens with zero attached hydrogens (tertiary/aromatic N) is 2. The number of methoxy groups -OCH3 is 1. The Hall–Kier alpha value is -2.83. The maximum absolute atomic E-state index is 13.3. The third-order valence-corrected chi connectivity index (χ3v) is 3.76. The van der Waals surface area contributed by atoms with Crippen molar-refractivity contribution in [3.63, 3.8) is 0 Å². The molecule has 1 N–H and O–H groups in total. The van der Waals surface area contributed by atoms with E-state index >= 15 is 0 Å². The fourth-order valence-electron chi connectivity index (χ4n) is 2.61. The van der Waals surface area contributed by atoms with Gasteiger partial charge >= 0.3 is 5.97 Å². The summed E-state index contributed by atoms with van der Waals surface area (Å²) < 4.78 is 10.3. The Morgan fingerprint density at radius 2 is 1.96 bits per heavy atom. The van der Waals surface area contributed by atoms with E-state index in [2.05, 4.69) is 4.99 Å². The second-order valence-electron chi connectivity index (χ2n) is 5.95. The van der Waals surface area contributed by atoms with Gasteiger partial charge in [-0.25, -0.2) is 4.79 Å². The molecule has 148 valence electrons. The summed E-state index contributed by atoms with van der Waals surface area (Å²) >= 11 is 0. The molecule has 7 nitrogen and oxygen atoms in total. The van der Waals surface area contributed by atoms with E-state index in [-0.39, 0.29) is 34.9 Å². The molecule has 7 heteroatoms. The van der Waals surface area contributed by atoms with E-state index in [1.807, 2.05) is 6.92 Å². The van der Waals surface area contributed by atoms with Gasteiger partial charge < -0.3 is 19.5 Å². The second-order valence-corrected chi connectivity index (χ2v) is 5.95. The van der Waals surface area contributed by atoms with Crippen molar-refractivity contribution in [1.82, 2.24) is 0 Å². The highest BCUT2D eigenvalue weighted by molar-refractivity contribution is 6.48. The molecule has 0 radical (unpaired) electrons. The third kappa shape index (κ3) is 5.09. The first-order valence-corrected chi connectivity index (χ1v) is 8.84. The maximum Gasteiger partial charge on any atom is 0.339 e. The molecule has 0 spiro atoms. The van der Waals surface area contributed by atoms with Crippen molar-refractivity contribution in [2.24, 2.45) is 4.99 Å². The molecule has 0 unspecified atom stereocenters. The summed E-state index contributed by atoms with van der Waals surface area (Å²) in [5, 5.41) is 10.6. The summed E-state index contributed by atoms with van der Waals surface area (Å²) in [7, 11) is 4.71. The van der Waals surface area contributed by atoms with Crippen LogP contribution in [-0.4, -0.2) is 50.4 Å². The van der Waals surface area contributed by atoms with Crippen molar-refractivity contribution >= 4 is 23.2 Å². The van der Waals surface area contributed by atoms with Gasteiger partial charge in [0.25, 0.3) is 0 Å². The van der Waals surface area contributed by atoms with Crippen LogP contribution in [0, 0.1) is 0 Å². The Morgan fingerprint density at radius 3 is 2.44 bits per heavy atom. The molecule has 27 heavy (non-hydrogen) atoms. The van der Waals surface area contributed by atoms with Crippen molar-refractivity contribution in [3.05, 3.63) is 29.5 Å². The van der Waals surface area contributed by atoms with Gasteiger partial charge in [-0.15, -0.1) is 0 Å². The molecular formula is C20H28N2O5. The molecule has 0 aliphatic rings. The van der Waals surface area contributed by atoms with Crippen molar-refractivity contribution in [2.45, 2.75) is 33.6 Å². The predicted octanol–water partition coefficient (Wildman–Crippen LogP) is 3.60. The van der Waals surface area contributed by atoms with E-state index in [0.717, 1.165) is 0 Å². The van der Waals surface area contributed by atoms with Gasteiger partial charge in [-0.05, 0) is 26.3 Å². The number of phenols is 1. The molecule has 0 bridgehead atoms. The largest absolute Gasteiger partial charge is 0.503 e. The number of hydrogen-bond acceptors (Lipinski definition) is 7. The van der Waals surface area contributed by atoms with E-state index in [1.54, 1.807) is 38.9 Å². The summed E-state index contributed by atoms with van der Waals surface area (Å²) in [5.74, 6) is -1.23. The zero-order valence-electron chi connectivity index (χ0n) is 16.8. The number of anilines is 1. The molecular weight excluding hydrogens is 348 g/mol. The first-order valence-electron chi connectivity index (χ1n) is 8.84. The molecule has 0 fully saturated rings. The van der Waals surface area contributed by atoms with Gasteiger partial charge in [0.05, 0.1) is 36.2 Å². The third-order valence-electron chi connectivity index (χ3n) is 3.76. The first-order chi connectivity index (χ1) is 12.8. The molecule has 1 aromatic rings. The number of aromatic hydroxyl groups is 1. The highest BCUT2D eigenvalue weighted by Gasteiger charge is 2.30. The molecule has 0 saturated carbocycles. The topological polar surface area (TPSA) is 88.4 Å². The lowest BCUT2D eigenvalue weighted by atomic mass is 9.94. The van der Waals surface area contributed by atoms with Crippen molar-refractivity contribution in [3.8, 4) is 11.5 Å². The van der Waals surface area contributed by atoms with Crippen LogP contribution in [0.25, 0.3) is 0 Å². The van der Waals surface area contributed by atoms with Crippen LogP contribution >= 0.6 is 0 Å². The van der Waals surface area contributed by atoms with Crippen molar-refractivity contribution in [2.75, 3.05) is 32.7 Å². The zero-order valence-corrected chi connectivity index (χ0v) is 16.8. The number of carbonyl (C=O) groups excluding carboxylic acids is 2. The Labute approximate surface area is 160 Å². The van der Waals surface area contributed by atoms with E-state index < -0.39 is 11.8 Å². The fourth-order valence-corrected chi connectivity index (χ4v) is 2.61. The van der Waals surface area contributed by atoms with E-state index in [9.17, 15) is 14.7 Å².